The van der Waals surface area contributed by atoms with Gasteiger partial charge >= 0.3 is 0 Å². The van der Waals surface area contributed by atoms with Crippen molar-refractivity contribution in [1.29, 1.82) is 0 Å². The molecule has 0 aliphatic rings. The number of nitrogens with zero attached hydrogens (tertiary/aromatic N) is 1. The zero-order valence-corrected chi connectivity index (χ0v) is 10.4. The monoisotopic (exact) mass is 288 g/mol. The SMILES string of the molecule is CCCNC(=O)CNc1nc[nH]c(=O)c1Br. The first kappa shape index (κ1) is 12.7. The lowest BCUT2D eigenvalue weighted by atomic mass is 10.4. The highest BCUT2D eigenvalue weighted by molar-refractivity contribution is 9.10. The largest absolute Gasteiger partial charge is 0.360 e. The number of carbonyl (C=O) groups is 1. The lowest BCUT2D eigenvalue weighted by Gasteiger charge is -2.06. The van der Waals surface area contributed by atoms with Gasteiger partial charge in [0.1, 0.15) is 10.3 Å². The summed E-state index contributed by atoms with van der Waals surface area (Å²) in [5.74, 6) is 0.228. The Kier molecular flexibility index (Phi) is 4.97. The summed E-state index contributed by atoms with van der Waals surface area (Å²) >= 11 is 3.08. The Labute approximate surface area is 101 Å². The van der Waals surface area contributed by atoms with Crippen molar-refractivity contribution in [3.05, 3.63) is 21.2 Å². The molecule has 0 atom stereocenters. The normalized spacial score (nSPS) is 9.88. The van der Waals surface area contributed by atoms with E-state index in [1.807, 2.05) is 6.92 Å². The first-order chi connectivity index (χ1) is 7.65. The summed E-state index contributed by atoms with van der Waals surface area (Å²) in [5, 5.41) is 5.48. The topological polar surface area (TPSA) is 86.9 Å². The summed E-state index contributed by atoms with van der Waals surface area (Å²) < 4.78 is 0.290. The molecule has 3 N–H and O–H groups in total. The van der Waals surface area contributed by atoms with Gasteiger partial charge < -0.3 is 15.6 Å². The number of anilines is 1. The van der Waals surface area contributed by atoms with Crippen LogP contribution in [0.4, 0.5) is 5.82 Å². The predicted octanol–water partition coefficient (Wildman–Crippen LogP) is 0.470. The van der Waals surface area contributed by atoms with Crippen molar-refractivity contribution in [3.8, 4) is 0 Å². The zero-order valence-electron chi connectivity index (χ0n) is 8.84. The van der Waals surface area contributed by atoms with Crippen molar-refractivity contribution in [2.45, 2.75) is 13.3 Å². The van der Waals surface area contributed by atoms with E-state index in [2.05, 4.69) is 36.5 Å². The number of halogens is 1. The maximum Gasteiger partial charge on any atom is 0.267 e. The number of carbonyl (C=O) groups excluding carboxylic acids is 1. The van der Waals surface area contributed by atoms with Crippen LogP contribution in [0.25, 0.3) is 0 Å². The van der Waals surface area contributed by atoms with Gasteiger partial charge in [0, 0.05) is 6.54 Å². The smallest absolute Gasteiger partial charge is 0.267 e. The molecule has 0 aromatic carbocycles. The van der Waals surface area contributed by atoms with Crippen LogP contribution >= 0.6 is 15.9 Å². The van der Waals surface area contributed by atoms with Crippen LogP contribution in [0.15, 0.2) is 15.6 Å². The summed E-state index contributed by atoms with van der Waals surface area (Å²) in [5.41, 5.74) is -0.286. The third-order valence-corrected chi connectivity index (χ3v) is 2.52. The number of rotatable bonds is 5. The molecule has 0 aliphatic carbocycles. The number of hydrogen-bond acceptors (Lipinski definition) is 4. The third kappa shape index (κ3) is 3.65. The molecule has 0 saturated heterocycles. The quantitative estimate of drug-likeness (QED) is 0.735. The van der Waals surface area contributed by atoms with Crippen molar-refractivity contribution in [2.75, 3.05) is 18.4 Å². The van der Waals surface area contributed by atoms with E-state index in [9.17, 15) is 9.59 Å². The highest BCUT2D eigenvalue weighted by atomic mass is 79.9. The van der Waals surface area contributed by atoms with Gasteiger partial charge in [0.2, 0.25) is 5.91 Å². The van der Waals surface area contributed by atoms with E-state index in [1.54, 1.807) is 0 Å². The summed E-state index contributed by atoms with van der Waals surface area (Å²) in [6.07, 6.45) is 2.16. The molecule has 0 unspecified atom stereocenters. The number of amides is 1. The molecule has 88 valence electrons. The fourth-order valence-corrected chi connectivity index (χ4v) is 1.35. The lowest BCUT2D eigenvalue weighted by molar-refractivity contribution is -0.119. The maximum absolute atomic E-state index is 11.3. The van der Waals surface area contributed by atoms with Crippen molar-refractivity contribution < 1.29 is 4.79 Å². The number of aromatic amines is 1. The van der Waals surface area contributed by atoms with Gasteiger partial charge in [-0.05, 0) is 22.4 Å². The van der Waals surface area contributed by atoms with Gasteiger partial charge in [0.05, 0.1) is 12.9 Å². The van der Waals surface area contributed by atoms with Crippen LogP contribution in [0.1, 0.15) is 13.3 Å². The molecule has 0 aliphatic heterocycles. The average molecular weight is 289 g/mol. The molecule has 0 bridgehead atoms. The average Bonchev–Trinajstić information content (AvgIpc) is 2.28. The fourth-order valence-electron chi connectivity index (χ4n) is 0.997. The third-order valence-electron chi connectivity index (χ3n) is 1.79. The second-order valence-corrected chi connectivity index (χ2v) is 3.89. The summed E-state index contributed by atoms with van der Waals surface area (Å²) in [6.45, 7) is 2.71. The van der Waals surface area contributed by atoms with Crippen molar-refractivity contribution in [3.63, 3.8) is 0 Å². The van der Waals surface area contributed by atoms with Gasteiger partial charge in [-0.1, -0.05) is 6.92 Å². The van der Waals surface area contributed by atoms with Gasteiger partial charge in [-0.2, -0.15) is 0 Å². The molecule has 16 heavy (non-hydrogen) atoms. The second-order valence-electron chi connectivity index (χ2n) is 3.10. The molecule has 0 fully saturated rings. The van der Waals surface area contributed by atoms with Crippen molar-refractivity contribution in [2.24, 2.45) is 0 Å². The van der Waals surface area contributed by atoms with Crippen LogP contribution in [0, 0.1) is 0 Å². The molecular weight excluding hydrogens is 276 g/mol. The van der Waals surface area contributed by atoms with Crippen molar-refractivity contribution >= 4 is 27.7 Å². The summed E-state index contributed by atoms with van der Waals surface area (Å²) in [7, 11) is 0. The number of aromatic nitrogens is 2. The predicted molar refractivity (Wildman–Crippen MR) is 64.3 cm³/mol. The molecular formula is C9H13BrN4O2. The van der Waals surface area contributed by atoms with E-state index in [-0.39, 0.29) is 18.0 Å². The molecule has 1 amide bonds. The first-order valence-corrected chi connectivity index (χ1v) is 5.68. The molecule has 6 nitrogen and oxygen atoms in total. The van der Waals surface area contributed by atoms with Gasteiger partial charge in [-0.25, -0.2) is 4.98 Å². The maximum atomic E-state index is 11.3. The van der Waals surface area contributed by atoms with E-state index in [4.69, 9.17) is 0 Å². The van der Waals surface area contributed by atoms with Crippen LogP contribution in [-0.4, -0.2) is 29.0 Å². The van der Waals surface area contributed by atoms with E-state index >= 15 is 0 Å². The molecule has 0 spiro atoms. The first-order valence-electron chi connectivity index (χ1n) is 4.89. The molecule has 7 heteroatoms. The van der Waals surface area contributed by atoms with Gasteiger partial charge in [0.15, 0.2) is 0 Å². The summed E-state index contributed by atoms with van der Waals surface area (Å²) in [6, 6.07) is 0. The van der Waals surface area contributed by atoms with Crippen LogP contribution in [0.3, 0.4) is 0 Å². The Hall–Kier alpha value is -1.37. The molecule has 1 heterocycles. The van der Waals surface area contributed by atoms with Gasteiger partial charge in [0.25, 0.3) is 5.56 Å². The molecule has 0 radical (unpaired) electrons. The Morgan fingerprint density at radius 2 is 2.38 bits per heavy atom. The Bertz CT molecular complexity index is 418. The second kappa shape index (κ2) is 6.26. The molecule has 0 saturated carbocycles. The molecule has 1 rings (SSSR count). The number of hydrogen-bond donors (Lipinski definition) is 3. The number of H-pyrrole nitrogens is 1. The Balaban J connectivity index is 2.52. The minimum absolute atomic E-state index is 0.0923. The van der Waals surface area contributed by atoms with Gasteiger partial charge in [-0.3, -0.25) is 9.59 Å². The van der Waals surface area contributed by atoms with Crippen molar-refractivity contribution in [1.82, 2.24) is 15.3 Å². The van der Waals surface area contributed by atoms with Crippen LogP contribution in [0.2, 0.25) is 0 Å². The Morgan fingerprint density at radius 3 is 3.06 bits per heavy atom. The minimum Gasteiger partial charge on any atom is -0.360 e. The molecule has 1 aromatic rings. The minimum atomic E-state index is -0.286. The van der Waals surface area contributed by atoms with Crippen LogP contribution in [-0.2, 0) is 4.79 Å². The molecule has 1 aromatic heterocycles. The van der Waals surface area contributed by atoms with Crippen LogP contribution in [0.5, 0.6) is 0 Å². The fraction of sp³-hybridized carbons (Fsp3) is 0.444. The van der Waals surface area contributed by atoms with E-state index in [0.717, 1.165) is 6.42 Å². The highest BCUT2D eigenvalue weighted by Gasteiger charge is 2.06. The number of nitrogens with one attached hydrogen (secondary N) is 3. The van der Waals surface area contributed by atoms with E-state index < -0.39 is 0 Å². The lowest BCUT2D eigenvalue weighted by Crippen LogP contribution is -2.30. The van der Waals surface area contributed by atoms with E-state index in [1.165, 1.54) is 6.33 Å². The Morgan fingerprint density at radius 1 is 1.62 bits per heavy atom. The summed E-state index contributed by atoms with van der Waals surface area (Å²) in [4.78, 5) is 28.7. The standard InChI is InChI=1S/C9H13BrN4O2/c1-2-3-11-6(15)4-12-8-7(10)9(16)14-5-13-8/h5H,2-4H2,1H3,(H,11,15)(H2,12,13,14,16). The van der Waals surface area contributed by atoms with Crippen LogP contribution < -0.4 is 16.2 Å². The van der Waals surface area contributed by atoms with Gasteiger partial charge in [-0.15, -0.1) is 0 Å². The highest BCUT2D eigenvalue weighted by Crippen LogP contribution is 2.12. The van der Waals surface area contributed by atoms with E-state index in [0.29, 0.717) is 16.8 Å². The zero-order chi connectivity index (χ0) is 12.0.